The predicted octanol–water partition coefficient (Wildman–Crippen LogP) is 4.94. The Morgan fingerprint density at radius 2 is 2.20 bits per heavy atom. The van der Waals surface area contributed by atoms with Gasteiger partial charge in [0.2, 0.25) is 0 Å². The molecule has 2 nitrogen and oxygen atoms in total. The van der Waals surface area contributed by atoms with Crippen LogP contribution in [0.15, 0.2) is 28.9 Å². The highest BCUT2D eigenvalue weighted by Gasteiger charge is 2.40. The van der Waals surface area contributed by atoms with Crippen molar-refractivity contribution in [2.24, 2.45) is 17.8 Å². The van der Waals surface area contributed by atoms with Gasteiger partial charge in [-0.05, 0) is 55.2 Å². The summed E-state index contributed by atoms with van der Waals surface area (Å²) in [6, 6.07) is 6.07. The van der Waals surface area contributed by atoms with E-state index in [0.29, 0.717) is 11.7 Å². The molecule has 2 bridgehead atoms. The first-order valence-electron chi connectivity index (χ1n) is 7.50. The van der Waals surface area contributed by atoms with E-state index >= 15 is 0 Å². The first kappa shape index (κ1) is 12.6. The Kier molecular flexibility index (Phi) is 2.99. The average Bonchev–Trinajstić information content (AvgIpc) is 3.11. The molecule has 3 heteroatoms. The lowest BCUT2D eigenvalue weighted by atomic mass is 9.84. The molecule has 2 aliphatic carbocycles. The third-order valence-corrected chi connectivity index (χ3v) is 5.77. The van der Waals surface area contributed by atoms with Gasteiger partial charge in [-0.1, -0.05) is 22.4 Å². The molecule has 0 amide bonds. The quantitative estimate of drug-likeness (QED) is 0.794. The van der Waals surface area contributed by atoms with Gasteiger partial charge in [-0.2, -0.15) is 0 Å². The largest absolute Gasteiger partial charge is 0.360 e. The minimum Gasteiger partial charge on any atom is -0.360 e. The Hall–Kier alpha value is -1.09. The van der Waals surface area contributed by atoms with E-state index in [1.165, 1.54) is 25.7 Å². The van der Waals surface area contributed by atoms with Gasteiger partial charge in [-0.15, -0.1) is 0 Å². The summed E-state index contributed by atoms with van der Waals surface area (Å²) in [6.45, 7) is 0. The SMILES string of the molecule is O=C(CC1CC2CCC1C2)c1c[nH]c2ccc(Br)cc12. The molecule has 3 unspecified atom stereocenters. The maximum Gasteiger partial charge on any atom is 0.165 e. The third kappa shape index (κ3) is 2.03. The number of benzene rings is 1. The van der Waals surface area contributed by atoms with Gasteiger partial charge in [0.15, 0.2) is 5.78 Å². The van der Waals surface area contributed by atoms with Crippen LogP contribution in [0.4, 0.5) is 0 Å². The summed E-state index contributed by atoms with van der Waals surface area (Å²) < 4.78 is 1.03. The maximum atomic E-state index is 12.6. The lowest BCUT2D eigenvalue weighted by Crippen LogP contribution is -2.15. The van der Waals surface area contributed by atoms with Crippen LogP contribution >= 0.6 is 15.9 Å². The topological polar surface area (TPSA) is 32.9 Å². The molecule has 2 aromatic rings. The number of hydrogen-bond acceptors (Lipinski definition) is 1. The highest BCUT2D eigenvalue weighted by atomic mass is 79.9. The standard InChI is InChI=1S/C17H18BrNO/c18-13-3-4-16-14(8-13)15(9-19-16)17(20)7-12-6-10-1-2-11(12)5-10/h3-4,8-12,19H,1-2,5-7H2. The van der Waals surface area contributed by atoms with E-state index in [-0.39, 0.29) is 0 Å². The Balaban J connectivity index is 1.59. The first-order valence-corrected chi connectivity index (χ1v) is 8.30. The van der Waals surface area contributed by atoms with Crippen molar-refractivity contribution in [1.82, 2.24) is 4.98 Å². The third-order valence-electron chi connectivity index (χ3n) is 5.28. The van der Waals surface area contributed by atoms with Gasteiger partial charge < -0.3 is 4.98 Å². The predicted molar refractivity (Wildman–Crippen MR) is 83.9 cm³/mol. The molecule has 1 heterocycles. The molecule has 4 rings (SSSR count). The molecule has 3 atom stereocenters. The van der Waals surface area contributed by atoms with E-state index in [1.807, 2.05) is 24.4 Å². The van der Waals surface area contributed by atoms with Gasteiger partial charge in [0, 0.05) is 33.6 Å². The second-order valence-electron chi connectivity index (χ2n) is 6.45. The van der Waals surface area contributed by atoms with Gasteiger partial charge in [-0.3, -0.25) is 4.79 Å². The van der Waals surface area contributed by atoms with E-state index < -0.39 is 0 Å². The zero-order chi connectivity index (χ0) is 13.7. The van der Waals surface area contributed by atoms with E-state index in [4.69, 9.17) is 0 Å². The Labute approximate surface area is 127 Å². The molecule has 2 saturated carbocycles. The number of aromatic nitrogens is 1. The maximum absolute atomic E-state index is 12.6. The summed E-state index contributed by atoms with van der Waals surface area (Å²) in [5.41, 5.74) is 1.91. The van der Waals surface area contributed by atoms with Crippen molar-refractivity contribution in [3.8, 4) is 0 Å². The van der Waals surface area contributed by atoms with E-state index in [0.717, 1.165) is 39.2 Å². The fourth-order valence-corrected chi connectivity index (χ4v) is 4.66. The van der Waals surface area contributed by atoms with Crippen LogP contribution in [0, 0.1) is 17.8 Å². The summed E-state index contributed by atoms with van der Waals surface area (Å²) in [7, 11) is 0. The number of rotatable bonds is 3. The monoisotopic (exact) mass is 331 g/mol. The summed E-state index contributed by atoms with van der Waals surface area (Å²) in [5, 5.41) is 1.05. The Bertz CT molecular complexity index is 675. The fourth-order valence-electron chi connectivity index (χ4n) is 4.30. The molecule has 1 N–H and O–H groups in total. The normalized spacial score (nSPS) is 28.4. The highest BCUT2D eigenvalue weighted by Crippen LogP contribution is 2.49. The van der Waals surface area contributed by atoms with Crippen LogP contribution in [0.1, 0.15) is 42.5 Å². The smallest absolute Gasteiger partial charge is 0.165 e. The van der Waals surface area contributed by atoms with Crippen molar-refractivity contribution >= 4 is 32.6 Å². The second kappa shape index (κ2) is 4.73. The molecule has 0 radical (unpaired) electrons. The van der Waals surface area contributed by atoms with Gasteiger partial charge in [-0.25, -0.2) is 0 Å². The van der Waals surface area contributed by atoms with Crippen molar-refractivity contribution in [3.05, 3.63) is 34.4 Å². The molecule has 1 aromatic carbocycles. The van der Waals surface area contributed by atoms with Crippen LogP contribution in [0.5, 0.6) is 0 Å². The molecule has 0 saturated heterocycles. The van der Waals surface area contributed by atoms with Crippen molar-refractivity contribution in [2.45, 2.75) is 32.1 Å². The summed E-state index contributed by atoms with van der Waals surface area (Å²) >= 11 is 3.49. The molecule has 0 spiro atoms. The highest BCUT2D eigenvalue weighted by molar-refractivity contribution is 9.10. The number of ketones is 1. The minimum absolute atomic E-state index is 0.312. The van der Waals surface area contributed by atoms with Crippen molar-refractivity contribution in [1.29, 1.82) is 0 Å². The van der Waals surface area contributed by atoms with Gasteiger partial charge in [0.1, 0.15) is 0 Å². The van der Waals surface area contributed by atoms with Crippen molar-refractivity contribution in [2.75, 3.05) is 0 Å². The second-order valence-corrected chi connectivity index (χ2v) is 7.37. The molecule has 0 aliphatic heterocycles. The average molecular weight is 332 g/mol. The number of aromatic amines is 1. The zero-order valence-electron chi connectivity index (χ0n) is 11.4. The molecule has 2 aliphatic rings. The first-order chi connectivity index (χ1) is 9.70. The van der Waals surface area contributed by atoms with E-state index in [9.17, 15) is 4.79 Å². The summed E-state index contributed by atoms with van der Waals surface area (Å²) in [6.07, 6.45) is 8.02. The number of Topliss-reactive ketones (excluding diaryl/α,β-unsaturated/α-hetero) is 1. The van der Waals surface area contributed by atoms with Gasteiger partial charge >= 0.3 is 0 Å². The van der Waals surface area contributed by atoms with Crippen LogP contribution in [0.25, 0.3) is 10.9 Å². The van der Waals surface area contributed by atoms with Crippen LogP contribution < -0.4 is 0 Å². The molecule has 20 heavy (non-hydrogen) atoms. The van der Waals surface area contributed by atoms with Crippen LogP contribution in [0.2, 0.25) is 0 Å². The Morgan fingerprint density at radius 1 is 1.30 bits per heavy atom. The molecule has 104 valence electrons. The molecule has 1 aromatic heterocycles. The minimum atomic E-state index is 0.312. The zero-order valence-corrected chi connectivity index (χ0v) is 12.9. The van der Waals surface area contributed by atoms with E-state index in [1.54, 1.807) is 0 Å². The summed E-state index contributed by atoms with van der Waals surface area (Å²) in [4.78, 5) is 15.8. The van der Waals surface area contributed by atoms with Crippen LogP contribution in [-0.4, -0.2) is 10.8 Å². The number of halogens is 1. The molecular weight excluding hydrogens is 314 g/mol. The van der Waals surface area contributed by atoms with Crippen LogP contribution in [-0.2, 0) is 0 Å². The number of fused-ring (bicyclic) bond motifs is 3. The van der Waals surface area contributed by atoms with Gasteiger partial charge in [0.25, 0.3) is 0 Å². The Morgan fingerprint density at radius 3 is 2.95 bits per heavy atom. The number of carbonyl (C=O) groups is 1. The summed E-state index contributed by atoms with van der Waals surface area (Å²) in [5.74, 6) is 2.68. The van der Waals surface area contributed by atoms with Crippen LogP contribution in [0.3, 0.4) is 0 Å². The lowest BCUT2D eigenvalue weighted by Gasteiger charge is -2.20. The van der Waals surface area contributed by atoms with Gasteiger partial charge in [0.05, 0.1) is 0 Å². The number of carbonyl (C=O) groups excluding carboxylic acids is 1. The molecule has 2 fully saturated rings. The van der Waals surface area contributed by atoms with E-state index in [2.05, 4.69) is 20.9 Å². The van der Waals surface area contributed by atoms with Crippen molar-refractivity contribution < 1.29 is 4.79 Å². The fraction of sp³-hybridized carbons (Fsp3) is 0.471. The number of hydrogen-bond donors (Lipinski definition) is 1. The van der Waals surface area contributed by atoms with Crippen molar-refractivity contribution in [3.63, 3.8) is 0 Å². The number of H-pyrrole nitrogens is 1. The molecular formula is C17H18BrNO. The number of nitrogens with one attached hydrogen (secondary N) is 1. The lowest BCUT2D eigenvalue weighted by molar-refractivity contribution is 0.0946.